The number of hydrogen-bond acceptors (Lipinski definition) is 4. The lowest BCUT2D eigenvalue weighted by Crippen LogP contribution is -2.29. The molecule has 2 aromatic carbocycles. The minimum absolute atomic E-state index is 0.0333. The van der Waals surface area contributed by atoms with Gasteiger partial charge in [0.15, 0.2) is 0 Å². The molecular formula is C22H16FN3O3. The number of fused-ring (bicyclic) bond motifs is 1. The number of nitrogens with one attached hydrogen (secondary N) is 1. The van der Waals surface area contributed by atoms with Crippen LogP contribution in [0, 0.1) is 5.82 Å². The van der Waals surface area contributed by atoms with Crippen molar-refractivity contribution in [2.75, 3.05) is 0 Å². The van der Waals surface area contributed by atoms with Gasteiger partial charge in [-0.3, -0.25) is 9.89 Å². The van der Waals surface area contributed by atoms with Crippen molar-refractivity contribution in [2.45, 2.75) is 12.6 Å². The maximum absolute atomic E-state index is 14.8. The Hall–Kier alpha value is -3.87. The summed E-state index contributed by atoms with van der Waals surface area (Å²) < 4.78 is 20.2. The molecule has 1 amide bonds. The molecule has 0 spiro atoms. The number of amides is 1. The fourth-order valence-corrected chi connectivity index (χ4v) is 3.83. The van der Waals surface area contributed by atoms with Gasteiger partial charge in [-0.05, 0) is 30.3 Å². The summed E-state index contributed by atoms with van der Waals surface area (Å²) in [5.74, 6) is -0.112. The van der Waals surface area contributed by atoms with E-state index < -0.39 is 11.9 Å². The van der Waals surface area contributed by atoms with Crippen LogP contribution in [0.4, 0.5) is 4.39 Å². The van der Waals surface area contributed by atoms with Gasteiger partial charge in [0.25, 0.3) is 5.91 Å². The zero-order valence-electron chi connectivity index (χ0n) is 15.2. The van der Waals surface area contributed by atoms with Crippen LogP contribution in [0.1, 0.15) is 33.4 Å². The molecule has 0 aliphatic carbocycles. The van der Waals surface area contributed by atoms with Crippen LogP contribution in [0.2, 0.25) is 0 Å². The fourth-order valence-electron chi connectivity index (χ4n) is 3.83. The van der Waals surface area contributed by atoms with Crippen molar-refractivity contribution in [3.05, 3.63) is 95.3 Å². The van der Waals surface area contributed by atoms with Crippen molar-refractivity contribution < 1.29 is 18.7 Å². The lowest BCUT2D eigenvalue weighted by Gasteiger charge is -2.26. The van der Waals surface area contributed by atoms with E-state index in [1.165, 1.54) is 12.3 Å². The average Bonchev–Trinajstić information content (AvgIpc) is 3.43. The number of aromatic amines is 1. The first-order valence-corrected chi connectivity index (χ1v) is 9.09. The van der Waals surface area contributed by atoms with E-state index in [1.54, 1.807) is 59.5 Å². The first-order chi connectivity index (χ1) is 14.1. The highest BCUT2D eigenvalue weighted by molar-refractivity contribution is 6.00. The summed E-state index contributed by atoms with van der Waals surface area (Å²) in [6.45, 7) is 0.174. The van der Waals surface area contributed by atoms with Gasteiger partial charge in [0.05, 0.1) is 18.8 Å². The maximum atomic E-state index is 14.8. The molecule has 2 N–H and O–H groups in total. The van der Waals surface area contributed by atoms with E-state index >= 15 is 0 Å². The number of nitrogens with zero attached hydrogens (tertiary/aromatic N) is 2. The van der Waals surface area contributed by atoms with E-state index in [2.05, 4.69) is 10.2 Å². The molecule has 1 aliphatic heterocycles. The van der Waals surface area contributed by atoms with Crippen molar-refractivity contribution in [1.82, 2.24) is 15.1 Å². The number of carbonyl (C=O) groups excluding carboxylic acids is 1. The van der Waals surface area contributed by atoms with Gasteiger partial charge in [0.2, 0.25) is 0 Å². The number of furan rings is 1. The molecule has 0 unspecified atom stereocenters. The second-order valence-corrected chi connectivity index (χ2v) is 6.81. The highest BCUT2D eigenvalue weighted by Crippen LogP contribution is 2.45. The lowest BCUT2D eigenvalue weighted by atomic mass is 9.95. The Labute approximate surface area is 165 Å². The predicted molar refractivity (Wildman–Crippen MR) is 103 cm³/mol. The predicted octanol–water partition coefficient (Wildman–Crippen LogP) is 4.26. The maximum Gasteiger partial charge on any atom is 0.273 e. The number of halogens is 1. The molecule has 0 bridgehead atoms. The van der Waals surface area contributed by atoms with Gasteiger partial charge in [-0.15, -0.1) is 0 Å². The molecule has 0 saturated heterocycles. The molecule has 3 heterocycles. The topological polar surface area (TPSA) is 82.4 Å². The van der Waals surface area contributed by atoms with Crippen molar-refractivity contribution in [3.63, 3.8) is 0 Å². The van der Waals surface area contributed by atoms with E-state index in [1.807, 2.05) is 0 Å². The summed E-state index contributed by atoms with van der Waals surface area (Å²) in [4.78, 5) is 14.7. The van der Waals surface area contributed by atoms with Crippen LogP contribution in [-0.2, 0) is 6.54 Å². The van der Waals surface area contributed by atoms with Gasteiger partial charge in [0.1, 0.15) is 28.7 Å². The normalized spacial score (nSPS) is 15.7. The van der Waals surface area contributed by atoms with Crippen LogP contribution in [0.3, 0.4) is 0 Å². The largest absolute Gasteiger partial charge is 0.507 e. The zero-order chi connectivity index (χ0) is 20.0. The van der Waals surface area contributed by atoms with E-state index in [9.17, 15) is 14.3 Å². The number of hydrogen-bond donors (Lipinski definition) is 2. The molecule has 0 radical (unpaired) electrons. The third-order valence-electron chi connectivity index (χ3n) is 5.13. The number of aromatic hydroxyl groups is 1. The van der Waals surface area contributed by atoms with E-state index in [4.69, 9.17) is 4.42 Å². The second-order valence-electron chi connectivity index (χ2n) is 6.81. The Morgan fingerprint density at radius 2 is 1.90 bits per heavy atom. The Bertz CT molecular complexity index is 1200. The monoisotopic (exact) mass is 389 g/mol. The van der Waals surface area contributed by atoms with Crippen LogP contribution in [0.25, 0.3) is 11.3 Å². The van der Waals surface area contributed by atoms with Crippen molar-refractivity contribution in [1.29, 1.82) is 0 Å². The number of carbonyl (C=O) groups is 1. The number of phenols is 1. The Kier molecular flexibility index (Phi) is 3.94. The Morgan fingerprint density at radius 1 is 1.10 bits per heavy atom. The number of benzene rings is 2. The summed E-state index contributed by atoms with van der Waals surface area (Å²) in [5.41, 5.74) is 2.06. The van der Waals surface area contributed by atoms with E-state index in [-0.39, 0.29) is 23.9 Å². The third kappa shape index (κ3) is 2.70. The van der Waals surface area contributed by atoms with Gasteiger partial charge in [-0.1, -0.05) is 30.3 Å². The standard InChI is InChI=1S/C22H16FN3O3/c23-16-9-3-1-7-14(16)21-18-19(15-8-2-4-10-17(15)27)24-25-20(18)22(28)26(21)12-13-6-5-11-29-13/h1-11,21,27H,12H2,(H,24,25)/t21-/m1/s1. The summed E-state index contributed by atoms with van der Waals surface area (Å²) in [7, 11) is 0. The van der Waals surface area contributed by atoms with Crippen LogP contribution >= 0.6 is 0 Å². The molecular weight excluding hydrogens is 373 g/mol. The van der Waals surface area contributed by atoms with Gasteiger partial charge in [-0.25, -0.2) is 4.39 Å². The molecule has 2 aromatic heterocycles. The van der Waals surface area contributed by atoms with Crippen LogP contribution in [0.15, 0.2) is 71.3 Å². The summed E-state index contributed by atoms with van der Waals surface area (Å²) in [5, 5.41) is 17.4. The van der Waals surface area contributed by atoms with Crippen molar-refractivity contribution >= 4 is 5.91 Å². The van der Waals surface area contributed by atoms with E-state index in [0.717, 1.165) is 0 Å². The number of phenolic OH excluding ortho intramolecular Hbond substituents is 1. The third-order valence-corrected chi connectivity index (χ3v) is 5.13. The molecule has 29 heavy (non-hydrogen) atoms. The molecule has 0 saturated carbocycles. The average molecular weight is 389 g/mol. The second kappa shape index (κ2) is 6.63. The number of H-pyrrole nitrogens is 1. The van der Waals surface area contributed by atoms with Gasteiger partial charge < -0.3 is 14.4 Å². The Morgan fingerprint density at radius 3 is 2.66 bits per heavy atom. The minimum atomic E-state index is -0.711. The first kappa shape index (κ1) is 17.2. The minimum Gasteiger partial charge on any atom is -0.507 e. The lowest BCUT2D eigenvalue weighted by molar-refractivity contribution is 0.0715. The fraction of sp³-hybridized carbons (Fsp3) is 0.0909. The molecule has 1 aliphatic rings. The molecule has 4 aromatic rings. The SMILES string of the molecule is O=C1c2[nH]nc(-c3ccccc3O)c2[C@@H](c2ccccc2F)N1Cc1ccco1. The van der Waals surface area contributed by atoms with Crippen LogP contribution in [-0.4, -0.2) is 26.1 Å². The van der Waals surface area contributed by atoms with Gasteiger partial charge in [0, 0.05) is 16.7 Å². The van der Waals surface area contributed by atoms with Crippen molar-refractivity contribution in [2.24, 2.45) is 0 Å². The number of rotatable bonds is 4. The summed E-state index contributed by atoms with van der Waals surface area (Å²) in [6, 6.07) is 15.9. The van der Waals surface area contributed by atoms with Gasteiger partial charge >= 0.3 is 0 Å². The number of para-hydroxylation sites is 1. The first-order valence-electron chi connectivity index (χ1n) is 9.09. The Balaban J connectivity index is 1.71. The van der Waals surface area contributed by atoms with Gasteiger partial charge in [-0.2, -0.15) is 5.10 Å². The van der Waals surface area contributed by atoms with Crippen molar-refractivity contribution in [3.8, 4) is 17.0 Å². The summed E-state index contributed by atoms with van der Waals surface area (Å²) >= 11 is 0. The molecule has 5 rings (SSSR count). The molecule has 0 fully saturated rings. The molecule has 7 heteroatoms. The molecule has 1 atom stereocenters. The highest BCUT2D eigenvalue weighted by atomic mass is 19.1. The highest BCUT2D eigenvalue weighted by Gasteiger charge is 2.43. The zero-order valence-corrected chi connectivity index (χ0v) is 15.2. The number of aromatic nitrogens is 2. The quantitative estimate of drug-likeness (QED) is 0.546. The van der Waals surface area contributed by atoms with Crippen LogP contribution < -0.4 is 0 Å². The van der Waals surface area contributed by atoms with E-state index in [0.29, 0.717) is 28.1 Å². The summed E-state index contributed by atoms with van der Waals surface area (Å²) in [6.07, 6.45) is 1.53. The molecule has 144 valence electrons. The smallest absolute Gasteiger partial charge is 0.273 e. The van der Waals surface area contributed by atoms with Crippen LogP contribution in [0.5, 0.6) is 5.75 Å². The molecule has 6 nitrogen and oxygen atoms in total.